The number of likely N-dealkylation sites (tertiary alicyclic amines) is 1. The third kappa shape index (κ3) is 4.48. The predicted octanol–water partition coefficient (Wildman–Crippen LogP) is 3.67. The fourth-order valence-electron chi connectivity index (χ4n) is 7.33. The van der Waals surface area contributed by atoms with Crippen molar-refractivity contribution in [2.24, 2.45) is 11.8 Å². The lowest BCUT2D eigenvalue weighted by Crippen LogP contribution is -2.59. The number of cyclic esters (lactones) is 1. The number of fused-ring (bicyclic) bond motifs is 2. The minimum absolute atomic E-state index is 0.249. The Morgan fingerprint density at radius 2 is 1.79 bits per heavy atom. The van der Waals surface area contributed by atoms with Crippen LogP contribution >= 0.6 is 0 Å². The van der Waals surface area contributed by atoms with E-state index in [4.69, 9.17) is 9.47 Å². The number of aliphatic hydroxyl groups excluding tert-OH is 1. The molecule has 2 amide bonds. The third-order valence-electron chi connectivity index (χ3n) is 9.26. The molecule has 0 radical (unpaired) electrons. The van der Waals surface area contributed by atoms with E-state index in [0.717, 1.165) is 22.4 Å². The molecule has 1 spiro atoms. The minimum Gasteiger partial charge on any atom is -0.465 e. The van der Waals surface area contributed by atoms with Crippen LogP contribution in [0.3, 0.4) is 0 Å². The van der Waals surface area contributed by atoms with E-state index in [2.05, 4.69) is 0 Å². The summed E-state index contributed by atoms with van der Waals surface area (Å²) in [6.07, 6.45) is 9.26. The average Bonchev–Trinajstić information content (AvgIpc) is 3.33. The summed E-state index contributed by atoms with van der Waals surface area (Å²) in [5, 5.41) is 10.7. The lowest BCUT2D eigenvalue weighted by atomic mass is 9.74. The van der Waals surface area contributed by atoms with E-state index in [9.17, 15) is 19.5 Å². The second kappa shape index (κ2) is 10.8. The molecule has 2 aromatic carbocycles. The van der Waals surface area contributed by atoms with Crippen LogP contribution in [0.25, 0.3) is 0 Å². The Labute approximate surface area is 246 Å². The Hall–Kier alpha value is -3.75. The van der Waals surface area contributed by atoms with Gasteiger partial charge in [-0.3, -0.25) is 14.4 Å². The average molecular weight is 571 g/mol. The number of ether oxygens (including phenoxy) is 2. The number of aliphatic hydroxyl groups is 1. The molecule has 8 heteroatoms. The van der Waals surface area contributed by atoms with Gasteiger partial charge < -0.3 is 24.4 Å². The number of hydrogen-bond donors (Lipinski definition) is 1. The van der Waals surface area contributed by atoms with Crippen LogP contribution in [0.1, 0.15) is 36.5 Å². The van der Waals surface area contributed by atoms with E-state index in [1.165, 1.54) is 4.90 Å². The maximum absolute atomic E-state index is 14.8. The van der Waals surface area contributed by atoms with Crippen LogP contribution in [0.15, 0.2) is 72.8 Å². The molecule has 6 rings (SSSR count). The van der Waals surface area contributed by atoms with Crippen molar-refractivity contribution in [2.75, 3.05) is 24.7 Å². The summed E-state index contributed by atoms with van der Waals surface area (Å²) in [4.78, 5) is 46.4. The Morgan fingerprint density at radius 3 is 2.55 bits per heavy atom. The van der Waals surface area contributed by atoms with Crippen molar-refractivity contribution in [3.05, 3.63) is 89.5 Å². The smallest absolute Gasteiger partial charge is 0.313 e. The van der Waals surface area contributed by atoms with Gasteiger partial charge in [0.15, 0.2) is 0 Å². The van der Waals surface area contributed by atoms with Gasteiger partial charge in [0.05, 0.1) is 30.8 Å². The van der Waals surface area contributed by atoms with E-state index in [1.54, 1.807) is 4.90 Å². The molecule has 0 aliphatic carbocycles. The molecule has 2 fully saturated rings. The van der Waals surface area contributed by atoms with Crippen LogP contribution in [0, 0.1) is 25.7 Å². The van der Waals surface area contributed by atoms with Gasteiger partial charge in [-0.2, -0.15) is 0 Å². The second-order valence-corrected chi connectivity index (χ2v) is 12.1. The van der Waals surface area contributed by atoms with Crippen LogP contribution in [0.2, 0.25) is 0 Å². The highest BCUT2D eigenvalue weighted by Crippen LogP contribution is 2.57. The van der Waals surface area contributed by atoms with Crippen molar-refractivity contribution in [2.45, 2.75) is 63.3 Å². The molecule has 1 N–H and O–H groups in total. The number of nitrogens with zero attached hydrogens (tertiary/aromatic N) is 2. The normalized spacial score (nSPS) is 32.2. The van der Waals surface area contributed by atoms with Crippen LogP contribution in [0.5, 0.6) is 0 Å². The van der Waals surface area contributed by atoms with Gasteiger partial charge in [-0.05, 0) is 62.8 Å². The van der Waals surface area contributed by atoms with Gasteiger partial charge in [-0.15, -0.1) is 0 Å². The van der Waals surface area contributed by atoms with Crippen LogP contribution in [0.4, 0.5) is 5.69 Å². The molecule has 220 valence electrons. The maximum Gasteiger partial charge on any atom is 0.313 e. The number of carbonyl (C=O) groups is 3. The Kier molecular flexibility index (Phi) is 7.31. The van der Waals surface area contributed by atoms with Crippen molar-refractivity contribution in [3.63, 3.8) is 0 Å². The first-order valence-corrected chi connectivity index (χ1v) is 14.8. The molecule has 42 heavy (non-hydrogen) atoms. The number of allylic oxidation sites excluding steroid dienone is 1. The Morgan fingerprint density at radius 1 is 1.00 bits per heavy atom. The lowest BCUT2D eigenvalue weighted by Gasteiger charge is -2.40. The summed E-state index contributed by atoms with van der Waals surface area (Å²) in [5.74, 6) is -3.13. The van der Waals surface area contributed by atoms with E-state index >= 15 is 0 Å². The molecule has 4 aliphatic heterocycles. The highest BCUT2D eigenvalue weighted by atomic mass is 16.6. The fourth-order valence-corrected chi connectivity index (χ4v) is 7.33. The van der Waals surface area contributed by atoms with Crippen LogP contribution < -0.4 is 4.90 Å². The molecular weight excluding hydrogens is 532 g/mol. The first-order chi connectivity index (χ1) is 20.2. The molecule has 4 aliphatic rings. The summed E-state index contributed by atoms with van der Waals surface area (Å²) in [6.45, 7) is 5.91. The van der Waals surface area contributed by atoms with Crippen LogP contribution in [-0.4, -0.2) is 70.8 Å². The van der Waals surface area contributed by atoms with Gasteiger partial charge in [-0.25, -0.2) is 0 Å². The van der Waals surface area contributed by atoms with E-state index in [0.29, 0.717) is 19.3 Å². The number of rotatable bonds is 5. The van der Waals surface area contributed by atoms with Gasteiger partial charge in [-0.1, -0.05) is 66.8 Å². The third-order valence-corrected chi connectivity index (χ3v) is 9.26. The first-order valence-electron chi connectivity index (χ1n) is 14.8. The number of carbonyl (C=O) groups excluding carboxylic acids is 3. The Bertz CT molecular complexity index is 1450. The van der Waals surface area contributed by atoms with Crippen molar-refractivity contribution in [1.82, 2.24) is 4.90 Å². The molecule has 2 aromatic rings. The highest BCUT2D eigenvalue weighted by Gasteiger charge is 2.75. The van der Waals surface area contributed by atoms with E-state index in [1.807, 2.05) is 93.6 Å². The molecule has 0 saturated carbocycles. The predicted molar refractivity (Wildman–Crippen MR) is 158 cm³/mol. The topological polar surface area (TPSA) is 96.4 Å². The van der Waals surface area contributed by atoms with Gasteiger partial charge in [0.2, 0.25) is 5.91 Å². The maximum atomic E-state index is 14.8. The highest BCUT2D eigenvalue weighted by molar-refractivity contribution is 6.06. The summed E-state index contributed by atoms with van der Waals surface area (Å²) in [5.41, 5.74) is 1.04. The molecule has 0 bridgehead atoms. The summed E-state index contributed by atoms with van der Waals surface area (Å²) >= 11 is 0. The molecule has 6 atom stereocenters. The zero-order chi connectivity index (χ0) is 29.6. The van der Waals surface area contributed by atoms with E-state index in [-0.39, 0.29) is 31.6 Å². The van der Waals surface area contributed by atoms with Gasteiger partial charge >= 0.3 is 5.97 Å². The van der Waals surface area contributed by atoms with E-state index < -0.39 is 41.1 Å². The van der Waals surface area contributed by atoms with Crippen molar-refractivity contribution in [1.29, 1.82) is 0 Å². The van der Waals surface area contributed by atoms with Crippen molar-refractivity contribution in [3.8, 4) is 0 Å². The number of amides is 2. The fraction of sp³-hybridized carbons (Fsp3) is 0.441. The van der Waals surface area contributed by atoms with Crippen molar-refractivity contribution < 1.29 is 29.0 Å². The second-order valence-electron chi connectivity index (χ2n) is 12.1. The Balaban J connectivity index is 1.52. The molecular formula is C34H38N2O6. The van der Waals surface area contributed by atoms with Gasteiger partial charge in [0.25, 0.3) is 5.91 Å². The SMILES string of the molecule is Cc1ccc(C)c(N2CC=C[C@]34O[C@]5(C)/C=C\CCCOC(=O)[C@@H]5[C@H]3C(=O)N([C@@H](CO)Cc3ccccc3)C4C2=O)c1. The zero-order valence-electron chi connectivity index (χ0n) is 24.4. The molecule has 0 aromatic heterocycles. The molecule has 4 heterocycles. The van der Waals surface area contributed by atoms with Gasteiger partial charge in [0, 0.05) is 12.2 Å². The summed E-state index contributed by atoms with van der Waals surface area (Å²) in [6, 6.07) is 13.7. The van der Waals surface area contributed by atoms with Crippen molar-refractivity contribution >= 4 is 23.5 Å². The lowest BCUT2D eigenvalue weighted by molar-refractivity contribution is -0.159. The quantitative estimate of drug-likeness (QED) is 0.435. The minimum atomic E-state index is -1.42. The zero-order valence-corrected chi connectivity index (χ0v) is 24.4. The number of hydrogen-bond acceptors (Lipinski definition) is 6. The first kappa shape index (κ1) is 28.4. The standard InChI is InChI=1S/C34H38N2O6/c1-22-13-14-23(2)26(19-22)35-17-10-16-34-27(28-32(40)41-18-9-5-8-15-33(28,3)42-34)30(38)36(29(34)31(35)39)25(21-37)20-24-11-6-4-7-12-24/h4,6-8,10-16,19,25,27-29,37H,5,9,17-18,20-21H2,1-3H3/b15-8-/t25-,27+,28+,29?,33-,34+/m1/s1. The molecule has 8 nitrogen and oxygen atoms in total. The summed E-state index contributed by atoms with van der Waals surface area (Å²) in [7, 11) is 0. The number of anilines is 1. The van der Waals surface area contributed by atoms with Crippen LogP contribution in [-0.2, 0) is 30.3 Å². The number of benzene rings is 2. The number of esters is 1. The molecule has 2 saturated heterocycles. The summed E-state index contributed by atoms with van der Waals surface area (Å²) < 4.78 is 12.6. The monoisotopic (exact) mass is 570 g/mol. The largest absolute Gasteiger partial charge is 0.465 e. The van der Waals surface area contributed by atoms with Gasteiger partial charge in [0.1, 0.15) is 17.6 Å². The number of aryl methyl sites for hydroxylation is 2. The molecule has 1 unspecified atom stereocenters.